The summed E-state index contributed by atoms with van der Waals surface area (Å²) < 4.78 is 0. The molecule has 0 bridgehead atoms. The van der Waals surface area contributed by atoms with E-state index in [1.165, 1.54) is 0 Å². The number of rotatable bonds is 1. The highest BCUT2D eigenvalue weighted by Crippen LogP contribution is 2.32. The third-order valence-corrected chi connectivity index (χ3v) is 2.98. The van der Waals surface area contributed by atoms with E-state index in [4.69, 9.17) is 0 Å². The number of phenols is 1. The smallest absolute Gasteiger partial charge is 0.272 e. The number of nitrogens with zero attached hydrogens (tertiary/aromatic N) is 1. The number of aromatic hydroxyl groups is 1. The molecule has 0 saturated heterocycles. The fourth-order valence-electron chi connectivity index (χ4n) is 2.19. The second kappa shape index (κ2) is 3.35. The zero-order valence-corrected chi connectivity index (χ0v) is 9.19. The van der Waals surface area contributed by atoms with Gasteiger partial charge in [-0.2, -0.15) is 5.10 Å². The van der Waals surface area contributed by atoms with Crippen LogP contribution in [-0.2, 0) is 0 Å². The van der Waals surface area contributed by atoms with Crippen LogP contribution in [0.3, 0.4) is 0 Å². The number of hydrogen-bond acceptors (Lipinski definition) is 3. The Hall–Kier alpha value is -2.30. The molecule has 0 aliphatic carbocycles. The van der Waals surface area contributed by atoms with Crippen LogP contribution in [0.1, 0.15) is 33.4 Å². The lowest BCUT2D eigenvalue weighted by atomic mass is 10.00. The van der Waals surface area contributed by atoms with Gasteiger partial charge in [-0.1, -0.05) is 12.1 Å². The SMILES string of the molecule is Cc1[nH]nc2c1C(c1cccc(O)c1)NC2=O. The van der Waals surface area contributed by atoms with E-state index >= 15 is 0 Å². The number of hydrogen-bond donors (Lipinski definition) is 3. The van der Waals surface area contributed by atoms with Crippen molar-refractivity contribution < 1.29 is 9.90 Å². The predicted molar refractivity (Wildman–Crippen MR) is 60.7 cm³/mol. The molecule has 1 aromatic heterocycles. The van der Waals surface area contributed by atoms with E-state index < -0.39 is 0 Å². The summed E-state index contributed by atoms with van der Waals surface area (Å²) in [5.74, 6) is 0.00374. The summed E-state index contributed by atoms with van der Waals surface area (Å²) >= 11 is 0. The van der Waals surface area contributed by atoms with Crippen molar-refractivity contribution >= 4 is 5.91 Å². The quantitative estimate of drug-likeness (QED) is 0.688. The second-order valence-corrected chi connectivity index (χ2v) is 4.11. The molecule has 3 N–H and O–H groups in total. The number of phenolic OH excluding ortho intramolecular Hbond substituents is 1. The standard InChI is InChI=1S/C12H11N3O2/c1-6-9-10(7-3-2-4-8(16)5-7)13-12(17)11(9)15-14-6/h2-5,10,16H,1H3,(H,13,17)(H,14,15). The summed E-state index contributed by atoms with van der Waals surface area (Å²) in [4.78, 5) is 11.7. The number of fused-ring (bicyclic) bond motifs is 1. The Morgan fingerprint density at radius 1 is 1.41 bits per heavy atom. The molecule has 5 heteroatoms. The molecule has 1 unspecified atom stereocenters. The molecule has 0 spiro atoms. The lowest BCUT2D eigenvalue weighted by Crippen LogP contribution is -2.21. The van der Waals surface area contributed by atoms with Gasteiger partial charge in [0.15, 0.2) is 5.69 Å². The van der Waals surface area contributed by atoms with Crippen molar-refractivity contribution in [1.82, 2.24) is 15.5 Å². The van der Waals surface area contributed by atoms with Gasteiger partial charge < -0.3 is 10.4 Å². The Balaban J connectivity index is 2.12. The third kappa shape index (κ3) is 1.39. The molecule has 86 valence electrons. The number of aromatic amines is 1. The normalized spacial score (nSPS) is 17.9. The van der Waals surface area contributed by atoms with E-state index in [-0.39, 0.29) is 17.7 Å². The molecule has 5 nitrogen and oxygen atoms in total. The van der Waals surface area contributed by atoms with Crippen molar-refractivity contribution in [3.8, 4) is 5.75 Å². The van der Waals surface area contributed by atoms with Crippen molar-refractivity contribution in [3.63, 3.8) is 0 Å². The first-order chi connectivity index (χ1) is 8.16. The Labute approximate surface area is 97.5 Å². The maximum Gasteiger partial charge on any atom is 0.272 e. The van der Waals surface area contributed by atoms with Crippen molar-refractivity contribution in [3.05, 3.63) is 46.8 Å². The van der Waals surface area contributed by atoms with Gasteiger partial charge in [0.25, 0.3) is 5.91 Å². The van der Waals surface area contributed by atoms with Gasteiger partial charge in [0.05, 0.1) is 6.04 Å². The van der Waals surface area contributed by atoms with Gasteiger partial charge in [-0.25, -0.2) is 0 Å². The molecule has 1 aromatic carbocycles. The summed E-state index contributed by atoms with van der Waals surface area (Å²) in [5.41, 5.74) is 3.02. The topological polar surface area (TPSA) is 78.0 Å². The Bertz CT molecular complexity index is 604. The highest BCUT2D eigenvalue weighted by atomic mass is 16.3. The second-order valence-electron chi connectivity index (χ2n) is 4.11. The van der Waals surface area contributed by atoms with Crippen molar-refractivity contribution in [2.45, 2.75) is 13.0 Å². The molecule has 3 rings (SSSR count). The third-order valence-electron chi connectivity index (χ3n) is 2.98. The molecular formula is C12H11N3O2. The minimum absolute atomic E-state index is 0.183. The largest absolute Gasteiger partial charge is 0.508 e. The van der Waals surface area contributed by atoms with Crippen LogP contribution in [0.2, 0.25) is 0 Å². The van der Waals surface area contributed by atoms with Crippen LogP contribution in [0.25, 0.3) is 0 Å². The fourth-order valence-corrected chi connectivity index (χ4v) is 2.19. The van der Waals surface area contributed by atoms with Gasteiger partial charge in [-0.05, 0) is 24.6 Å². The zero-order chi connectivity index (χ0) is 12.0. The van der Waals surface area contributed by atoms with Gasteiger partial charge >= 0.3 is 0 Å². The van der Waals surface area contributed by atoms with Crippen molar-refractivity contribution in [2.75, 3.05) is 0 Å². The van der Waals surface area contributed by atoms with Crippen LogP contribution in [-0.4, -0.2) is 21.2 Å². The average molecular weight is 229 g/mol. The summed E-state index contributed by atoms with van der Waals surface area (Å²) in [6.07, 6.45) is 0. The number of nitrogens with one attached hydrogen (secondary N) is 2. The summed E-state index contributed by atoms with van der Waals surface area (Å²) in [5, 5.41) is 19.1. The molecule has 1 atom stereocenters. The Morgan fingerprint density at radius 3 is 3.00 bits per heavy atom. The maximum atomic E-state index is 11.7. The van der Waals surface area contributed by atoms with E-state index in [2.05, 4.69) is 15.5 Å². The average Bonchev–Trinajstić information content (AvgIpc) is 2.82. The minimum atomic E-state index is -0.233. The molecule has 2 aromatic rings. The molecule has 17 heavy (non-hydrogen) atoms. The van der Waals surface area contributed by atoms with E-state index in [1.54, 1.807) is 18.2 Å². The molecule has 0 saturated carbocycles. The Morgan fingerprint density at radius 2 is 2.24 bits per heavy atom. The van der Waals surface area contributed by atoms with Crippen LogP contribution in [0.4, 0.5) is 0 Å². The number of benzene rings is 1. The number of aryl methyl sites for hydroxylation is 1. The summed E-state index contributed by atoms with van der Waals surface area (Å²) in [6, 6.07) is 6.63. The Kier molecular flexibility index (Phi) is 1.95. The van der Waals surface area contributed by atoms with Crippen LogP contribution >= 0.6 is 0 Å². The first-order valence-corrected chi connectivity index (χ1v) is 5.31. The van der Waals surface area contributed by atoms with Gasteiger partial charge in [0.1, 0.15) is 5.75 Å². The first kappa shape index (κ1) is 9.89. The number of amides is 1. The highest BCUT2D eigenvalue weighted by molar-refractivity contribution is 5.98. The molecule has 2 heterocycles. The number of carbonyl (C=O) groups excluding carboxylic acids is 1. The number of aromatic nitrogens is 2. The van der Waals surface area contributed by atoms with Gasteiger partial charge in [-0.15, -0.1) is 0 Å². The van der Waals surface area contributed by atoms with Crippen LogP contribution in [0.15, 0.2) is 24.3 Å². The monoisotopic (exact) mass is 229 g/mol. The van der Waals surface area contributed by atoms with Crippen LogP contribution in [0, 0.1) is 6.92 Å². The highest BCUT2D eigenvalue weighted by Gasteiger charge is 2.34. The first-order valence-electron chi connectivity index (χ1n) is 5.31. The molecule has 0 radical (unpaired) electrons. The fraction of sp³-hybridized carbons (Fsp3) is 0.167. The zero-order valence-electron chi connectivity index (χ0n) is 9.19. The summed E-state index contributed by atoms with van der Waals surface area (Å²) in [7, 11) is 0. The minimum Gasteiger partial charge on any atom is -0.508 e. The van der Waals surface area contributed by atoms with E-state index in [9.17, 15) is 9.90 Å². The maximum absolute atomic E-state index is 11.7. The lowest BCUT2D eigenvalue weighted by Gasteiger charge is -2.12. The van der Waals surface area contributed by atoms with Crippen LogP contribution < -0.4 is 5.32 Å². The number of H-pyrrole nitrogens is 1. The van der Waals surface area contributed by atoms with Gasteiger partial charge in [0.2, 0.25) is 0 Å². The van der Waals surface area contributed by atoms with Gasteiger partial charge in [-0.3, -0.25) is 9.89 Å². The molecule has 0 fully saturated rings. The van der Waals surface area contributed by atoms with Crippen LogP contribution in [0.5, 0.6) is 5.75 Å². The molecule has 1 aliphatic heterocycles. The van der Waals surface area contributed by atoms with E-state index in [0.717, 1.165) is 16.8 Å². The molecule has 1 aliphatic rings. The van der Waals surface area contributed by atoms with E-state index in [1.807, 2.05) is 13.0 Å². The predicted octanol–water partition coefficient (Wildman–Crippen LogP) is 1.26. The van der Waals surface area contributed by atoms with Crippen molar-refractivity contribution in [1.29, 1.82) is 0 Å². The van der Waals surface area contributed by atoms with E-state index in [0.29, 0.717) is 5.69 Å². The van der Waals surface area contributed by atoms with Gasteiger partial charge in [0, 0.05) is 11.3 Å². The summed E-state index contributed by atoms with van der Waals surface area (Å²) in [6.45, 7) is 1.88. The lowest BCUT2D eigenvalue weighted by molar-refractivity contribution is 0.0955. The molecule has 1 amide bonds. The van der Waals surface area contributed by atoms with Crippen molar-refractivity contribution in [2.24, 2.45) is 0 Å². The number of carbonyl (C=O) groups is 1. The molecular weight excluding hydrogens is 218 g/mol.